The molecule has 0 amide bonds. The maximum Gasteiger partial charge on any atom is -0.0272 e. The zero-order valence-electron chi connectivity index (χ0n) is 9.90. The first-order valence-corrected chi connectivity index (χ1v) is 6.15. The molecule has 0 aromatic rings. The summed E-state index contributed by atoms with van der Waals surface area (Å²) in [5, 5.41) is 0. The molecular formula is C13H26. The van der Waals surface area contributed by atoms with E-state index in [0.29, 0.717) is 5.41 Å². The van der Waals surface area contributed by atoms with E-state index in [1.165, 1.54) is 38.5 Å². The average Bonchev–Trinajstić information content (AvgIpc) is 2.41. The van der Waals surface area contributed by atoms with Crippen LogP contribution in [-0.4, -0.2) is 0 Å². The summed E-state index contributed by atoms with van der Waals surface area (Å²) in [6.45, 7) is 9.68. The number of hydrogen-bond acceptors (Lipinski definition) is 0. The molecule has 0 N–H and O–H groups in total. The van der Waals surface area contributed by atoms with Gasteiger partial charge in [-0.3, -0.25) is 0 Å². The van der Waals surface area contributed by atoms with Crippen molar-refractivity contribution in [2.75, 3.05) is 0 Å². The molecule has 0 saturated heterocycles. The van der Waals surface area contributed by atoms with Gasteiger partial charge in [0.15, 0.2) is 0 Å². The minimum Gasteiger partial charge on any atom is -0.0654 e. The topological polar surface area (TPSA) is 0 Å². The Morgan fingerprint density at radius 1 is 1.23 bits per heavy atom. The molecule has 3 atom stereocenters. The molecule has 1 saturated carbocycles. The van der Waals surface area contributed by atoms with E-state index >= 15 is 0 Å². The summed E-state index contributed by atoms with van der Waals surface area (Å²) in [5.74, 6) is 1.97. The second kappa shape index (κ2) is 4.48. The highest BCUT2D eigenvalue weighted by Crippen LogP contribution is 2.51. The molecule has 0 aromatic heterocycles. The van der Waals surface area contributed by atoms with Gasteiger partial charge in [-0.25, -0.2) is 0 Å². The van der Waals surface area contributed by atoms with E-state index in [2.05, 4.69) is 27.7 Å². The van der Waals surface area contributed by atoms with Crippen LogP contribution in [-0.2, 0) is 0 Å². The van der Waals surface area contributed by atoms with Crippen LogP contribution in [0.25, 0.3) is 0 Å². The first kappa shape index (κ1) is 11.1. The Bertz CT molecular complexity index is 150. The van der Waals surface area contributed by atoms with Crippen LogP contribution in [0.15, 0.2) is 0 Å². The van der Waals surface area contributed by atoms with Crippen LogP contribution in [0.4, 0.5) is 0 Å². The Kier molecular flexibility index (Phi) is 3.82. The monoisotopic (exact) mass is 182 g/mol. The lowest BCUT2D eigenvalue weighted by Gasteiger charge is -2.35. The zero-order chi connectivity index (χ0) is 9.90. The van der Waals surface area contributed by atoms with Gasteiger partial charge >= 0.3 is 0 Å². The van der Waals surface area contributed by atoms with Gasteiger partial charge in [0.2, 0.25) is 0 Å². The second-order valence-corrected chi connectivity index (χ2v) is 5.19. The van der Waals surface area contributed by atoms with Gasteiger partial charge in [0.1, 0.15) is 0 Å². The van der Waals surface area contributed by atoms with Crippen molar-refractivity contribution in [2.45, 2.75) is 66.2 Å². The predicted octanol–water partition coefficient (Wildman–Crippen LogP) is 4.64. The summed E-state index contributed by atoms with van der Waals surface area (Å²) < 4.78 is 0. The van der Waals surface area contributed by atoms with Crippen molar-refractivity contribution in [2.24, 2.45) is 17.3 Å². The van der Waals surface area contributed by atoms with Crippen molar-refractivity contribution in [1.82, 2.24) is 0 Å². The van der Waals surface area contributed by atoms with Crippen LogP contribution >= 0.6 is 0 Å². The third-order valence-electron chi connectivity index (χ3n) is 4.57. The fourth-order valence-corrected chi connectivity index (χ4v) is 3.19. The molecule has 0 radical (unpaired) electrons. The molecular weight excluding hydrogens is 156 g/mol. The Balaban J connectivity index is 2.59. The lowest BCUT2D eigenvalue weighted by molar-refractivity contribution is 0.145. The summed E-state index contributed by atoms with van der Waals surface area (Å²) in [6.07, 6.45) is 8.60. The SMILES string of the molecule is CCCC[C@@]1(C)C(C)CC[C@@H]1CC. The first-order valence-electron chi connectivity index (χ1n) is 6.15. The minimum absolute atomic E-state index is 0.671. The van der Waals surface area contributed by atoms with Gasteiger partial charge in [-0.1, -0.05) is 47.0 Å². The van der Waals surface area contributed by atoms with Crippen LogP contribution in [0.3, 0.4) is 0 Å². The van der Waals surface area contributed by atoms with Crippen LogP contribution < -0.4 is 0 Å². The first-order chi connectivity index (χ1) is 6.15. The zero-order valence-corrected chi connectivity index (χ0v) is 9.90. The third-order valence-corrected chi connectivity index (χ3v) is 4.57. The fraction of sp³-hybridized carbons (Fsp3) is 1.00. The Hall–Kier alpha value is 0. The van der Waals surface area contributed by atoms with E-state index in [-0.39, 0.29) is 0 Å². The van der Waals surface area contributed by atoms with Crippen LogP contribution in [0, 0.1) is 17.3 Å². The Labute approximate surface area is 84.1 Å². The number of hydrogen-bond donors (Lipinski definition) is 0. The van der Waals surface area contributed by atoms with Gasteiger partial charge in [-0.05, 0) is 36.5 Å². The summed E-state index contributed by atoms with van der Waals surface area (Å²) in [5.41, 5.74) is 0.671. The molecule has 0 aliphatic heterocycles. The highest BCUT2D eigenvalue weighted by atomic mass is 14.5. The summed E-state index contributed by atoms with van der Waals surface area (Å²) in [6, 6.07) is 0. The lowest BCUT2D eigenvalue weighted by Crippen LogP contribution is -2.27. The van der Waals surface area contributed by atoms with E-state index in [9.17, 15) is 0 Å². The molecule has 1 rings (SSSR count). The fourth-order valence-electron chi connectivity index (χ4n) is 3.19. The summed E-state index contributed by atoms with van der Waals surface area (Å²) in [7, 11) is 0. The molecule has 1 aliphatic carbocycles. The van der Waals surface area contributed by atoms with E-state index in [1.807, 2.05) is 0 Å². The third kappa shape index (κ3) is 2.08. The maximum absolute atomic E-state index is 2.54. The van der Waals surface area contributed by atoms with Crippen molar-refractivity contribution in [3.63, 3.8) is 0 Å². The molecule has 0 spiro atoms. The number of unbranched alkanes of at least 4 members (excludes halogenated alkanes) is 1. The van der Waals surface area contributed by atoms with Gasteiger partial charge in [0.05, 0.1) is 0 Å². The smallest absolute Gasteiger partial charge is 0.0272 e. The number of rotatable bonds is 4. The van der Waals surface area contributed by atoms with Gasteiger partial charge in [-0.2, -0.15) is 0 Å². The van der Waals surface area contributed by atoms with Crippen LogP contribution in [0.5, 0.6) is 0 Å². The molecule has 78 valence electrons. The molecule has 0 heteroatoms. The van der Waals surface area contributed by atoms with Gasteiger partial charge in [0.25, 0.3) is 0 Å². The average molecular weight is 182 g/mol. The molecule has 0 aromatic carbocycles. The Morgan fingerprint density at radius 2 is 1.92 bits per heavy atom. The standard InChI is InChI=1S/C13H26/c1-5-7-10-13(4)11(3)8-9-12(13)6-2/h11-12H,5-10H2,1-4H3/t11?,12-,13-/m0/s1. The highest BCUT2D eigenvalue weighted by Gasteiger charge is 2.42. The normalized spacial score (nSPS) is 39.7. The van der Waals surface area contributed by atoms with Crippen molar-refractivity contribution in [3.8, 4) is 0 Å². The largest absolute Gasteiger partial charge is 0.0654 e. The Morgan fingerprint density at radius 3 is 2.46 bits per heavy atom. The van der Waals surface area contributed by atoms with E-state index in [0.717, 1.165) is 11.8 Å². The maximum atomic E-state index is 2.54. The van der Waals surface area contributed by atoms with Crippen molar-refractivity contribution in [1.29, 1.82) is 0 Å². The predicted molar refractivity (Wildman–Crippen MR) is 59.8 cm³/mol. The van der Waals surface area contributed by atoms with Gasteiger partial charge in [-0.15, -0.1) is 0 Å². The van der Waals surface area contributed by atoms with Crippen molar-refractivity contribution < 1.29 is 0 Å². The van der Waals surface area contributed by atoms with E-state index in [4.69, 9.17) is 0 Å². The lowest BCUT2D eigenvalue weighted by atomic mass is 9.70. The van der Waals surface area contributed by atoms with Crippen LogP contribution in [0.1, 0.15) is 66.2 Å². The summed E-state index contributed by atoms with van der Waals surface area (Å²) in [4.78, 5) is 0. The van der Waals surface area contributed by atoms with E-state index in [1.54, 1.807) is 0 Å². The molecule has 0 nitrogen and oxygen atoms in total. The van der Waals surface area contributed by atoms with Crippen molar-refractivity contribution >= 4 is 0 Å². The quantitative estimate of drug-likeness (QED) is 0.594. The highest BCUT2D eigenvalue weighted by molar-refractivity contribution is 4.92. The van der Waals surface area contributed by atoms with Crippen molar-refractivity contribution in [3.05, 3.63) is 0 Å². The molecule has 13 heavy (non-hydrogen) atoms. The van der Waals surface area contributed by atoms with Gasteiger partial charge < -0.3 is 0 Å². The van der Waals surface area contributed by atoms with Gasteiger partial charge in [0, 0.05) is 0 Å². The molecule has 1 unspecified atom stereocenters. The van der Waals surface area contributed by atoms with E-state index < -0.39 is 0 Å². The second-order valence-electron chi connectivity index (χ2n) is 5.19. The minimum atomic E-state index is 0.671. The molecule has 1 fully saturated rings. The molecule has 1 aliphatic rings. The molecule has 0 bridgehead atoms. The molecule has 0 heterocycles. The van der Waals surface area contributed by atoms with Crippen LogP contribution in [0.2, 0.25) is 0 Å². The summed E-state index contributed by atoms with van der Waals surface area (Å²) >= 11 is 0.